The van der Waals surface area contributed by atoms with E-state index in [1.165, 1.54) is 7.11 Å². The van der Waals surface area contributed by atoms with Crippen LogP contribution in [0.1, 0.15) is 19.8 Å². The van der Waals surface area contributed by atoms with Gasteiger partial charge < -0.3 is 14.8 Å². The monoisotopic (exact) mass is 268 g/mol. The first-order valence-electron chi connectivity index (χ1n) is 6.23. The highest BCUT2D eigenvalue weighted by atomic mass is 16.5. The summed E-state index contributed by atoms with van der Waals surface area (Å²) in [4.78, 5) is 12.2. The smallest absolute Gasteiger partial charge is 0.322 e. The van der Waals surface area contributed by atoms with Crippen LogP contribution < -0.4 is 21.3 Å². The zero-order valence-corrected chi connectivity index (χ0v) is 11.3. The van der Waals surface area contributed by atoms with Crippen molar-refractivity contribution >= 4 is 11.9 Å². The van der Waals surface area contributed by atoms with Crippen LogP contribution in [0, 0.1) is 5.41 Å². The Morgan fingerprint density at radius 1 is 1.26 bits per heavy atom. The summed E-state index contributed by atoms with van der Waals surface area (Å²) in [6, 6.07) is 0.225. The fraction of sp³-hybridized carbons (Fsp3) is 0.727. The van der Waals surface area contributed by atoms with Gasteiger partial charge in [0.15, 0.2) is 0 Å². The van der Waals surface area contributed by atoms with E-state index in [2.05, 4.69) is 32.6 Å². The summed E-state index contributed by atoms with van der Waals surface area (Å²) in [5, 5.41) is 3.21. The molecule has 0 aliphatic carbocycles. The summed E-state index contributed by atoms with van der Waals surface area (Å²) < 4.78 is 10.4. The Kier molecular flexibility index (Phi) is 4.33. The number of hydrazine groups is 1. The molecule has 0 amide bonds. The zero-order valence-electron chi connectivity index (χ0n) is 11.3. The van der Waals surface area contributed by atoms with Gasteiger partial charge >= 0.3 is 6.01 Å². The van der Waals surface area contributed by atoms with E-state index in [9.17, 15) is 0 Å². The largest absolute Gasteiger partial charge is 0.467 e. The van der Waals surface area contributed by atoms with E-state index in [1.807, 2.05) is 0 Å². The Morgan fingerprint density at radius 3 is 2.58 bits per heavy atom. The van der Waals surface area contributed by atoms with Crippen LogP contribution in [0.5, 0.6) is 6.01 Å². The summed E-state index contributed by atoms with van der Waals surface area (Å²) in [6.45, 7) is 4.60. The van der Waals surface area contributed by atoms with E-state index in [0.29, 0.717) is 5.95 Å². The van der Waals surface area contributed by atoms with Crippen molar-refractivity contribution in [1.82, 2.24) is 15.0 Å². The molecule has 19 heavy (non-hydrogen) atoms. The van der Waals surface area contributed by atoms with Crippen molar-refractivity contribution in [2.45, 2.75) is 19.8 Å². The molecule has 106 valence electrons. The SMILES string of the molecule is COc1nc(NN)nc(NCC2(C)CCOCC2)n1. The van der Waals surface area contributed by atoms with Crippen LogP contribution in [0.25, 0.3) is 0 Å². The molecule has 1 fully saturated rings. The topological polar surface area (TPSA) is 107 Å². The van der Waals surface area contributed by atoms with Crippen LogP contribution in [-0.2, 0) is 4.74 Å². The molecule has 2 rings (SSSR count). The molecule has 1 aliphatic rings. The van der Waals surface area contributed by atoms with Crippen molar-refractivity contribution in [3.05, 3.63) is 0 Å². The van der Waals surface area contributed by atoms with E-state index in [4.69, 9.17) is 15.3 Å². The number of nitrogens with two attached hydrogens (primary N) is 1. The summed E-state index contributed by atoms with van der Waals surface area (Å²) in [5.74, 6) is 6.03. The Hall–Kier alpha value is -1.67. The van der Waals surface area contributed by atoms with Crippen LogP contribution in [0.15, 0.2) is 0 Å². The number of ether oxygens (including phenoxy) is 2. The molecular weight excluding hydrogens is 248 g/mol. The van der Waals surface area contributed by atoms with E-state index in [-0.39, 0.29) is 17.4 Å². The molecular formula is C11H20N6O2. The second-order valence-corrected chi connectivity index (χ2v) is 4.89. The molecule has 1 aromatic heterocycles. The third-order valence-corrected chi connectivity index (χ3v) is 3.30. The lowest BCUT2D eigenvalue weighted by atomic mass is 9.82. The first-order chi connectivity index (χ1) is 9.15. The molecule has 0 aromatic carbocycles. The predicted molar refractivity (Wildman–Crippen MR) is 70.8 cm³/mol. The van der Waals surface area contributed by atoms with Gasteiger partial charge in [-0.25, -0.2) is 5.84 Å². The number of methoxy groups -OCH3 is 1. The van der Waals surface area contributed by atoms with Gasteiger partial charge in [0, 0.05) is 19.8 Å². The minimum atomic E-state index is 0.189. The molecule has 0 bridgehead atoms. The molecule has 4 N–H and O–H groups in total. The first kappa shape index (κ1) is 13.8. The first-order valence-corrected chi connectivity index (χ1v) is 6.23. The summed E-state index contributed by atoms with van der Waals surface area (Å²) >= 11 is 0. The Bertz CT molecular complexity index is 399. The fourth-order valence-corrected chi connectivity index (χ4v) is 1.92. The minimum Gasteiger partial charge on any atom is -0.467 e. The van der Waals surface area contributed by atoms with E-state index < -0.39 is 0 Å². The Balaban J connectivity index is 2.02. The van der Waals surface area contributed by atoms with Crippen LogP contribution in [0.3, 0.4) is 0 Å². The van der Waals surface area contributed by atoms with Gasteiger partial charge in [-0.2, -0.15) is 15.0 Å². The molecule has 0 unspecified atom stereocenters. The number of anilines is 2. The molecule has 8 heteroatoms. The summed E-state index contributed by atoms with van der Waals surface area (Å²) in [5.41, 5.74) is 2.58. The van der Waals surface area contributed by atoms with Crippen LogP contribution in [0.4, 0.5) is 11.9 Å². The predicted octanol–water partition coefficient (Wildman–Crippen LogP) is 0.394. The Labute approximate surface area is 112 Å². The normalized spacial score (nSPS) is 17.8. The standard InChI is InChI=1S/C11H20N6O2/c1-11(3-5-19-6-4-11)7-13-8-14-9(17-12)16-10(15-8)18-2/h3-7,12H2,1-2H3,(H2,13,14,15,16,17). The third-order valence-electron chi connectivity index (χ3n) is 3.30. The summed E-state index contributed by atoms with van der Waals surface area (Å²) in [7, 11) is 1.50. The average Bonchev–Trinajstić information content (AvgIpc) is 2.45. The maximum atomic E-state index is 5.37. The van der Waals surface area contributed by atoms with E-state index in [0.717, 1.165) is 32.6 Å². The highest BCUT2D eigenvalue weighted by Gasteiger charge is 2.27. The lowest BCUT2D eigenvalue weighted by molar-refractivity contribution is 0.0299. The van der Waals surface area contributed by atoms with Gasteiger partial charge in [0.05, 0.1) is 7.11 Å². The third kappa shape index (κ3) is 3.65. The maximum Gasteiger partial charge on any atom is 0.322 e. The van der Waals surface area contributed by atoms with Gasteiger partial charge in [0.2, 0.25) is 11.9 Å². The van der Waals surface area contributed by atoms with Gasteiger partial charge in [0.1, 0.15) is 0 Å². The number of rotatable bonds is 5. The number of aromatic nitrogens is 3. The lowest BCUT2D eigenvalue weighted by Crippen LogP contribution is -2.33. The quantitative estimate of drug-likeness (QED) is 0.520. The van der Waals surface area contributed by atoms with Gasteiger partial charge in [-0.15, -0.1) is 0 Å². The summed E-state index contributed by atoms with van der Waals surface area (Å²) in [6.07, 6.45) is 2.04. The lowest BCUT2D eigenvalue weighted by Gasteiger charge is -2.33. The number of nitrogens with zero attached hydrogens (tertiary/aromatic N) is 3. The minimum absolute atomic E-state index is 0.189. The molecule has 1 saturated heterocycles. The van der Waals surface area contributed by atoms with Gasteiger partial charge in [-0.3, -0.25) is 5.43 Å². The highest BCUT2D eigenvalue weighted by molar-refractivity contribution is 5.35. The molecule has 0 radical (unpaired) electrons. The van der Waals surface area contributed by atoms with Gasteiger partial charge in [-0.05, 0) is 18.3 Å². The van der Waals surface area contributed by atoms with Crippen LogP contribution in [0.2, 0.25) is 0 Å². The van der Waals surface area contributed by atoms with Crippen molar-refractivity contribution < 1.29 is 9.47 Å². The van der Waals surface area contributed by atoms with Crippen molar-refractivity contribution in [3.8, 4) is 6.01 Å². The van der Waals surface area contributed by atoms with E-state index >= 15 is 0 Å². The number of hydrogen-bond acceptors (Lipinski definition) is 8. The molecule has 0 atom stereocenters. The Morgan fingerprint density at radius 2 is 1.95 bits per heavy atom. The average molecular weight is 268 g/mol. The fourth-order valence-electron chi connectivity index (χ4n) is 1.92. The van der Waals surface area contributed by atoms with Crippen molar-refractivity contribution in [2.75, 3.05) is 37.6 Å². The number of hydrogen-bond donors (Lipinski definition) is 3. The maximum absolute atomic E-state index is 5.37. The van der Waals surface area contributed by atoms with Crippen LogP contribution in [-0.4, -0.2) is 41.8 Å². The number of nitrogens with one attached hydrogen (secondary N) is 2. The second kappa shape index (κ2) is 5.98. The molecule has 1 aliphatic heterocycles. The van der Waals surface area contributed by atoms with Gasteiger partial charge in [0.25, 0.3) is 0 Å². The number of nitrogen functional groups attached to an aromatic ring is 1. The van der Waals surface area contributed by atoms with Crippen LogP contribution >= 0.6 is 0 Å². The molecule has 2 heterocycles. The molecule has 8 nitrogen and oxygen atoms in total. The van der Waals surface area contributed by atoms with Crippen molar-refractivity contribution in [3.63, 3.8) is 0 Å². The molecule has 0 spiro atoms. The highest BCUT2D eigenvalue weighted by Crippen LogP contribution is 2.29. The van der Waals surface area contributed by atoms with Gasteiger partial charge in [-0.1, -0.05) is 6.92 Å². The van der Waals surface area contributed by atoms with E-state index in [1.54, 1.807) is 0 Å². The second-order valence-electron chi connectivity index (χ2n) is 4.89. The van der Waals surface area contributed by atoms with Crippen molar-refractivity contribution in [1.29, 1.82) is 0 Å². The zero-order chi connectivity index (χ0) is 13.7. The molecule has 0 saturated carbocycles. The molecule has 1 aromatic rings. The van der Waals surface area contributed by atoms with Crippen molar-refractivity contribution in [2.24, 2.45) is 11.3 Å².